The number of ketones is 1. The lowest BCUT2D eigenvalue weighted by Gasteiger charge is -2.24. The Morgan fingerprint density at radius 2 is 1.76 bits per heavy atom. The molecule has 1 N–H and O–H groups in total. The number of benzene rings is 2. The number of amides is 1. The van der Waals surface area contributed by atoms with Gasteiger partial charge in [-0.3, -0.25) is 14.5 Å². The van der Waals surface area contributed by atoms with Crippen molar-refractivity contribution in [2.24, 2.45) is 0 Å². The summed E-state index contributed by atoms with van der Waals surface area (Å²) in [5.74, 6) is -1.62. The molecule has 7 nitrogen and oxygen atoms in total. The van der Waals surface area contributed by atoms with E-state index in [4.69, 9.17) is 0 Å². The smallest absolute Gasteiger partial charge is 0.296 e. The molecule has 1 aliphatic heterocycles. The number of aliphatic hydroxyl groups excluding tert-OH is 1. The summed E-state index contributed by atoms with van der Waals surface area (Å²) in [5.41, 5.74) is 3.35. The summed E-state index contributed by atoms with van der Waals surface area (Å²) in [7, 11) is 0. The first-order chi connectivity index (χ1) is 17.9. The highest BCUT2D eigenvalue weighted by atomic mass is 32.1. The molecule has 3 heterocycles. The van der Waals surface area contributed by atoms with Crippen LogP contribution in [-0.2, 0) is 17.6 Å². The van der Waals surface area contributed by atoms with Crippen molar-refractivity contribution >= 4 is 39.5 Å². The van der Waals surface area contributed by atoms with E-state index in [0.717, 1.165) is 41.0 Å². The number of carbonyl (C=O) groups is 2. The third-order valence-electron chi connectivity index (χ3n) is 6.31. The first-order valence-corrected chi connectivity index (χ1v) is 13.8. The molecule has 0 saturated heterocycles. The van der Waals surface area contributed by atoms with E-state index in [1.54, 1.807) is 6.92 Å². The molecule has 1 unspecified atom stereocenters. The van der Waals surface area contributed by atoms with Crippen LogP contribution in [0.25, 0.3) is 10.6 Å². The van der Waals surface area contributed by atoms with E-state index < -0.39 is 23.5 Å². The Morgan fingerprint density at radius 3 is 2.43 bits per heavy atom. The molecule has 2 aromatic carbocycles. The molecule has 4 aromatic rings. The van der Waals surface area contributed by atoms with E-state index >= 15 is 0 Å². The fraction of sp³-hybridized carbons (Fsp3) is 0.250. The van der Waals surface area contributed by atoms with Gasteiger partial charge in [0.15, 0.2) is 5.76 Å². The van der Waals surface area contributed by atoms with Gasteiger partial charge in [0.2, 0.25) is 10.9 Å². The Bertz CT molecular complexity index is 1490. The maximum absolute atomic E-state index is 14.0. The van der Waals surface area contributed by atoms with Gasteiger partial charge in [-0.15, -0.1) is 21.5 Å². The van der Waals surface area contributed by atoms with Crippen LogP contribution in [0.1, 0.15) is 57.8 Å². The molecule has 9 heteroatoms. The number of thiazole rings is 1. The fourth-order valence-corrected chi connectivity index (χ4v) is 6.37. The minimum Gasteiger partial charge on any atom is -0.503 e. The van der Waals surface area contributed by atoms with Crippen molar-refractivity contribution in [1.29, 1.82) is 0 Å². The second-order valence-electron chi connectivity index (χ2n) is 8.79. The van der Waals surface area contributed by atoms with Gasteiger partial charge >= 0.3 is 0 Å². The molecule has 0 fully saturated rings. The predicted octanol–water partition coefficient (Wildman–Crippen LogP) is 6.27. The summed E-state index contributed by atoms with van der Waals surface area (Å²) in [6.45, 7) is 5.88. The zero-order chi connectivity index (χ0) is 26.1. The van der Waals surface area contributed by atoms with Gasteiger partial charge in [-0.05, 0) is 30.9 Å². The van der Waals surface area contributed by atoms with Crippen molar-refractivity contribution in [1.82, 2.24) is 15.2 Å². The Kier molecular flexibility index (Phi) is 6.99. The van der Waals surface area contributed by atoms with Gasteiger partial charge in [-0.2, -0.15) is 0 Å². The molecular weight excluding hydrogens is 504 g/mol. The summed E-state index contributed by atoms with van der Waals surface area (Å²) in [6.07, 6.45) is 2.49. The second kappa shape index (κ2) is 10.4. The molecule has 1 aliphatic rings. The largest absolute Gasteiger partial charge is 0.503 e. The maximum Gasteiger partial charge on any atom is 0.296 e. The number of anilines is 1. The van der Waals surface area contributed by atoms with Crippen LogP contribution in [0.15, 0.2) is 65.9 Å². The van der Waals surface area contributed by atoms with E-state index in [1.165, 1.54) is 27.6 Å². The topological polar surface area (TPSA) is 96.3 Å². The van der Waals surface area contributed by atoms with Crippen molar-refractivity contribution in [3.63, 3.8) is 0 Å². The predicted molar refractivity (Wildman–Crippen MR) is 146 cm³/mol. The Labute approximate surface area is 223 Å². The van der Waals surface area contributed by atoms with Crippen molar-refractivity contribution in [2.75, 3.05) is 4.90 Å². The molecule has 0 spiro atoms. The number of hydrogen-bond donors (Lipinski definition) is 1. The van der Waals surface area contributed by atoms with Crippen LogP contribution < -0.4 is 4.90 Å². The van der Waals surface area contributed by atoms with Gasteiger partial charge in [0, 0.05) is 12.0 Å². The zero-order valence-electron chi connectivity index (χ0n) is 20.8. The van der Waals surface area contributed by atoms with Crippen LogP contribution in [0.5, 0.6) is 0 Å². The number of carbonyl (C=O) groups excluding carboxylic acids is 2. The van der Waals surface area contributed by atoms with Gasteiger partial charge in [0.05, 0.1) is 22.2 Å². The van der Waals surface area contributed by atoms with Crippen LogP contribution in [0.3, 0.4) is 0 Å². The minimum absolute atomic E-state index is 0.0350. The molecule has 188 valence electrons. The van der Waals surface area contributed by atoms with Crippen molar-refractivity contribution in [3.8, 4) is 10.6 Å². The highest BCUT2D eigenvalue weighted by Crippen LogP contribution is 2.44. The molecule has 0 radical (unpaired) electrons. The van der Waals surface area contributed by atoms with E-state index in [1.807, 2.05) is 61.5 Å². The summed E-state index contributed by atoms with van der Waals surface area (Å²) < 4.78 is 0. The maximum atomic E-state index is 14.0. The number of aromatic nitrogens is 3. The molecule has 0 saturated carbocycles. The lowest BCUT2D eigenvalue weighted by Crippen LogP contribution is -2.31. The zero-order valence-corrected chi connectivity index (χ0v) is 22.4. The average molecular weight is 531 g/mol. The summed E-state index contributed by atoms with van der Waals surface area (Å²) in [5, 5.41) is 21.4. The quantitative estimate of drug-likeness (QED) is 0.270. The molecule has 5 rings (SSSR count). The first-order valence-electron chi connectivity index (χ1n) is 12.2. The Hall–Kier alpha value is -3.69. The number of Topliss-reactive ketones (excluding diaryl/α,β-unsaturated/α-hetero) is 1. The van der Waals surface area contributed by atoms with Crippen LogP contribution in [0.4, 0.5) is 5.13 Å². The SMILES string of the molecule is CCCc1nnc(N2C(=O)C(O)=C(C(=O)c3sc(-c4ccccc4)nc3C)C2c2ccc(CC)cc2)s1. The normalized spacial score (nSPS) is 15.6. The Balaban J connectivity index is 1.60. The van der Waals surface area contributed by atoms with E-state index in [2.05, 4.69) is 22.1 Å². The fourth-order valence-electron chi connectivity index (χ4n) is 4.38. The van der Waals surface area contributed by atoms with Crippen LogP contribution in [0, 0.1) is 6.92 Å². The molecule has 1 atom stereocenters. The highest BCUT2D eigenvalue weighted by molar-refractivity contribution is 7.17. The molecule has 0 aliphatic carbocycles. The van der Waals surface area contributed by atoms with Crippen molar-refractivity contribution in [3.05, 3.63) is 92.6 Å². The molecule has 0 bridgehead atoms. The number of hydrogen-bond acceptors (Lipinski definition) is 8. The van der Waals surface area contributed by atoms with Gasteiger partial charge in [0.25, 0.3) is 5.91 Å². The number of rotatable bonds is 8. The average Bonchev–Trinajstić information content (AvgIpc) is 3.61. The summed E-state index contributed by atoms with van der Waals surface area (Å²) >= 11 is 2.57. The van der Waals surface area contributed by atoms with Crippen molar-refractivity contribution in [2.45, 2.75) is 46.1 Å². The lowest BCUT2D eigenvalue weighted by molar-refractivity contribution is -0.117. The third kappa shape index (κ3) is 4.60. The van der Waals surface area contributed by atoms with Crippen LogP contribution >= 0.6 is 22.7 Å². The van der Waals surface area contributed by atoms with E-state index in [9.17, 15) is 14.7 Å². The van der Waals surface area contributed by atoms with E-state index in [0.29, 0.717) is 20.7 Å². The third-order valence-corrected chi connectivity index (χ3v) is 8.49. The van der Waals surface area contributed by atoms with Gasteiger partial charge in [-0.1, -0.05) is 79.8 Å². The molecular formula is C28H26N4O3S2. The number of aryl methyl sites for hydroxylation is 3. The monoisotopic (exact) mass is 530 g/mol. The summed E-state index contributed by atoms with van der Waals surface area (Å²) in [6, 6.07) is 16.6. The number of aliphatic hydroxyl groups is 1. The van der Waals surface area contributed by atoms with E-state index in [-0.39, 0.29) is 5.57 Å². The van der Waals surface area contributed by atoms with Gasteiger partial charge in [0.1, 0.15) is 10.0 Å². The first kappa shape index (κ1) is 25.0. The van der Waals surface area contributed by atoms with Crippen LogP contribution in [-0.4, -0.2) is 32.0 Å². The molecule has 2 aromatic heterocycles. The standard InChI is InChI=1S/C28H26N4O3S2/c1-4-9-20-30-31-28(36-20)32-22(18-14-12-17(5-2)13-15-18)21(24(34)27(32)35)23(33)25-16(3)29-26(37-25)19-10-7-6-8-11-19/h6-8,10-15,22,34H,4-5,9H2,1-3H3. The van der Waals surface area contributed by atoms with Crippen molar-refractivity contribution < 1.29 is 14.7 Å². The summed E-state index contributed by atoms with van der Waals surface area (Å²) in [4.78, 5) is 33.8. The number of nitrogens with zero attached hydrogens (tertiary/aromatic N) is 4. The lowest BCUT2D eigenvalue weighted by atomic mass is 9.94. The highest BCUT2D eigenvalue weighted by Gasteiger charge is 2.46. The van der Waals surface area contributed by atoms with Gasteiger partial charge < -0.3 is 5.11 Å². The minimum atomic E-state index is -0.824. The Morgan fingerprint density at radius 1 is 1.03 bits per heavy atom. The molecule has 37 heavy (non-hydrogen) atoms. The molecule has 1 amide bonds. The van der Waals surface area contributed by atoms with Crippen LogP contribution in [0.2, 0.25) is 0 Å². The second-order valence-corrected chi connectivity index (χ2v) is 10.8. The van der Waals surface area contributed by atoms with Gasteiger partial charge in [-0.25, -0.2) is 4.98 Å².